The Kier molecular flexibility index (Phi) is 3.31. The second kappa shape index (κ2) is 4.71. The van der Waals surface area contributed by atoms with E-state index in [1.165, 1.54) is 19.3 Å². The maximum absolute atomic E-state index is 5.93. The lowest BCUT2D eigenvalue weighted by Crippen LogP contribution is -2.14. The summed E-state index contributed by atoms with van der Waals surface area (Å²) in [6, 6.07) is 1.66. The lowest BCUT2D eigenvalue weighted by molar-refractivity contribution is 0.217. The maximum Gasteiger partial charge on any atom is 0.232 e. The van der Waals surface area contributed by atoms with E-state index in [0.29, 0.717) is 23.2 Å². The van der Waals surface area contributed by atoms with Crippen LogP contribution >= 0.6 is 11.6 Å². The van der Waals surface area contributed by atoms with Crippen LogP contribution in [0.2, 0.25) is 5.02 Å². The predicted octanol–water partition coefficient (Wildman–Crippen LogP) is 2.89. The van der Waals surface area contributed by atoms with Gasteiger partial charge in [0, 0.05) is 0 Å². The highest BCUT2D eigenvalue weighted by atomic mass is 35.5. The molecule has 0 aliphatic heterocycles. The first-order chi connectivity index (χ1) is 7.25. The molecular formula is C11H15ClN2O. The van der Waals surface area contributed by atoms with Gasteiger partial charge in [0.05, 0.1) is 18.5 Å². The zero-order valence-electron chi connectivity index (χ0n) is 8.58. The van der Waals surface area contributed by atoms with Gasteiger partial charge in [-0.3, -0.25) is 0 Å². The lowest BCUT2D eigenvalue weighted by atomic mass is 9.83. The van der Waals surface area contributed by atoms with Crippen molar-refractivity contribution in [2.45, 2.75) is 25.7 Å². The van der Waals surface area contributed by atoms with Crippen LogP contribution in [0.25, 0.3) is 0 Å². The molecular weight excluding hydrogens is 212 g/mol. The minimum absolute atomic E-state index is 0.489. The molecule has 0 amide bonds. The van der Waals surface area contributed by atoms with Crippen LogP contribution in [0.5, 0.6) is 5.88 Å². The average Bonchev–Trinajstić information content (AvgIpc) is 2.12. The van der Waals surface area contributed by atoms with Crippen LogP contribution in [0, 0.1) is 5.92 Å². The zero-order chi connectivity index (χ0) is 10.7. The third-order valence-corrected chi connectivity index (χ3v) is 3.09. The van der Waals surface area contributed by atoms with E-state index >= 15 is 0 Å². The third kappa shape index (κ3) is 2.75. The summed E-state index contributed by atoms with van der Waals surface area (Å²) >= 11 is 5.93. The molecule has 1 heterocycles. The summed E-state index contributed by atoms with van der Waals surface area (Å²) in [6.07, 6.45) is 6.71. The molecule has 0 aromatic carbocycles. The molecule has 1 aliphatic carbocycles. The Hall–Kier alpha value is -0.960. The van der Waals surface area contributed by atoms with E-state index in [1.807, 2.05) is 0 Å². The molecule has 0 saturated heterocycles. The SMILES string of the molecule is Nc1cnc(OCCC2CCC2)c(Cl)c1. The fourth-order valence-corrected chi connectivity index (χ4v) is 1.88. The number of ether oxygens (including phenoxy) is 1. The van der Waals surface area contributed by atoms with Crippen molar-refractivity contribution in [1.29, 1.82) is 0 Å². The molecule has 1 saturated carbocycles. The summed E-state index contributed by atoms with van der Waals surface area (Å²) in [5.74, 6) is 1.34. The van der Waals surface area contributed by atoms with Gasteiger partial charge in [0.1, 0.15) is 5.02 Å². The number of anilines is 1. The van der Waals surface area contributed by atoms with Crippen LogP contribution in [0.4, 0.5) is 5.69 Å². The summed E-state index contributed by atoms with van der Waals surface area (Å²) in [7, 11) is 0. The topological polar surface area (TPSA) is 48.1 Å². The molecule has 4 heteroatoms. The maximum atomic E-state index is 5.93. The second-order valence-corrected chi connectivity index (χ2v) is 4.40. The van der Waals surface area contributed by atoms with Crippen molar-refractivity contribution in [3.63, 3.8) is 0 Å². The summed E-state index contributed by atoms with van der Waals surface area (Å²) in [5, 5.41) is 0.489. The molecule has 1 fully saturated rings. The van der Waals surface area contributed by atoms with Gasteiger partial charge >= 0.3 is 0 Å². The second-order valence-electron chi connectivity index (χ2n) is 3.99. The van der Waals surface area contributed by atoms with Gasteiger partial charge in [-0.05, 0) is 18.4 Å². The summed E-state index contributed by atoms with van der Waals surface area (Å²) in [4.78, 5) is 4.04. The molecule has 0 spiro atoms. The average molecular weight is 227 g/mol. The Morgan fingerprint density at radius 2 is 2.33 bits per heavy atom. The van der Waals surface area contributed by atoms with E-state index in [2.05, 4.69) is 4.98 Å². The summed E-state index contributed by atoms with van der Waals surface area (Å²) < 4.78 is 5.50. The van der Waals surface area contributed by atoms with Gasteiger partial charge < -0.3 is 10.5 Å². The lowest BCUT2D eigenvalue weighted by Gasteiger charge is -2.24. The minimum atomic E-state index is 0.489. The number of hydrogen-bond acceptors (Lipinski definition) is 3. The molecule has 1 aromatic rings. The van der Waals surface area contributed by atoms with E-state index in [4.69, 9.17) is 22.1 Å². The molecule has 82 valence electrons. The van der Waals surface area contributed by atoms with Gasteiger partial charge in [0.2, 0.25) is 5.88 Å². The highest BCUT2D eigenvalue weighted by molar-refractivity contribution is 6.32. The fourth-order valence-electron chi connectivity index (χ4n) is 1.65. The molecule has 0 unspecified atom stereocenters. The number of aromatic nitrogens is 1. The van der Waals surface area contributed by atoms with Crippen LogP contribution in [0.3, 0.4) is 0 Å². The summed E-state index contributed by atoms with van der Waals surface area (Å²) in [6.45, 7) is 0.696. The molecule has 1 aromatic heterocycles. The summed E-state index contributed by atoms with van der Waals surface area (Å²) in [5.41, 5.74) is 6.09. The molecule has 15 heavy (non-hydrogen) atoms. The van der Waals surface area contributed by atoms with E-state index in [9.17, 15) is 0 Å². The van der Waals surface area contributed by atoms with Crippen molar-refractivity contribution < 1.29 is 4.74 Å². The van der Waals surface area contributed by atoms with E-state index in [-0.39, 0.29) is 0 Å². The van der Waals surface area contributed by atoms with Crippen molar-refractivity contribution in [2.75, 3.05) is 12.3 Å². The standard InChI is InChI=1S/C11H15ClN2O/c12-10-6-9(13)7-14-11(10)15-5-4-8-2-1-3-8/h6-8H,1-5,13H2. The fraction of sp³-hybridized carbons (Fsp3) is 0.545. The Labute approximate surface area is 94.6 Å². The van der Waals surface area contributed by atoms with Gasteiger partial charge in [-0.15, -0.1) is 0 Å². The van der Waals surface area contributed by atoms with Crippen LogP contribution in [0.15, 0.2) is 12.3 Å². The zero-order valence-corrected chi connectivity index (χ0v) is 9.33. The first-order valence-corrected chi connectivity index (χ1v) is 5.67. The van der Waals surface area contributed by atoms with Crippen molar-refractivity contribution in [3.8, 4) is 5.88 Å². The van der Waals surface area contributed by atoms with Gasteiger partial charge in [-0.25, -0.2) is 4.98 Å². The number of nitrogen functional groups attached to an aromatic ring is 1. The molecule has 0 radical (unpaired) electrons. The van der Waals surface area contributed by atoms with Crippen LogP contribution in [-0.4, -0.2) is 11.6 Å². The quantitative estimate of drug-likeness (QED) is 0.859. The molecule has 1 aliphatic rings. The Morgan fingerprint density at radius 3 is 2.93 bits per heavy atom. The number of rotatable bonds is 4. The number of nitrogens with two attached hydrogens (primary N) is 1. The molecule has 0 atom stereocenters. The number of halogens is 1. The molecule has 0 bridgehead atoms. The normalized spacial score (nSPS) is 16.1. The highest BCUT2D eigenvalue weighted by Gasteiger charge is 2.17. The van der Waals surface area contributed by atoms with Crippen molar-refractivity contribution in [3.05, 3.63) is 17.3 Å². The molecule has 2 rings (SSSR count). The van der Waals surface area contributed by atoms with Crippen LogP contribution in [-0.2, 0) is 0 Å². The van der Waals surface area contributed by atoms with Gasteiger partial charge in [0.25, 0.3) is 0 Å². The monoisotopic (exact) mass is 226 g/mol. The first kappa shape index (κ1) is 10.6. The van der Waals surface area contributed by atoms with Gasteiger partial charge in [-0.2, -0.15) is 0 Å². The van der Waals surface area contributed by atoms with Crippen LogP contribution < -0.4 is 10.5 Å². The molecule has 2 N–H and O–H groups in total. The van der Waals surface area contributed by atoms with Gasteiger partial charge in [-0.1, -0.05) is 30.9 Å². The number of nitrogens with zero attached hydrogens (tertiary/aromatic N) is 1. The number of hydrogen-bond donors (Lipinski definition) is 1. The van der Waals surface area contributed by atoms with Crippen molar-refractivity contribution >= 4 is 17.3 Å². The Morgan fingerprint density at radius 1 is 1.53 bits per heavy atom. The Balaban J connectivity index is 1.81. The predicted molar refractivity (Wildman–Crippen MR) is 61.1 cm³/mol. The van der Waals surface area contributed by atoms with Crippen LogP contribution in [0.1, 0.15) is 25.7 Å². The van der Waals surface area contributed by atoms with E-state index in [1.54, 1.807) is 12.3 Å². The smallest absolute Gasteiger partial charge is 0.232 e. The third-order valence-electron chi connectivity index (χ3n) is 2.82. The van der Waals surface area contributed by atoms with Gasteiger partial charge in [0.15, 0.2) is 0 Å². The molecule has 3 nitrogen and oxygen atoms in total. The highest BCUT2D eigenvalue weighted by Crippen LogP contribution is 2.30. The van der Waals surface area contributed by atoms with Crippen molar-refractivity contribution in [2.24, 2.45) is 5.92 Å². The van der Waals surface area contributed by atoms with Crippen molar-refractivity contribution in [1.82, 2.24) is 4.98 Å². The largest absolute Gasteiger partial charge is 0.477 e. The first-order valence-electron chi connectivity index (χ1n) is 5.29. The van der Waals surface area contributed by atoms with E-state index in [0.717, 1.165) is 12.3 Å². The minimum Gasteiger partial charge on any atom is -0.477 e. The number of pyridine rings is 1. The van der Waals surface area contributed by atoms with E-state index < -0.39 is 0 Å². The Bertz CT molecular complexity index is 339.